The Kier molecular flexibility index (Phi) is 9.50. The molecule has 0 saturated heterocycles. The van der Waals surface area contributed by atoms with Gasteiger partial charge in [0.15, 0.2) is 0 Å². The van der Waals surface area contributed by atoms with Gasteiger partial charge in [0.05, 0.1) is 27.9 Å². The molecule has 7 nitrogen and oxygen atoms in total. The molecule has 1 unspecified atom stereocenters. The van der Waals surface area contributed by atoms with Gasteiger partial charge in [-0.3, -0.25) is 0 Å². The molecule has 0 amide bonds. The predicted molar refractivity (Wildman–Crippen MR) is 140 cm³/mol. The number of fused-ring (bicyclic) bond motifs is 2. The fourth-order valence-electron chi connectivity index (χ4n) is 4.03. The van der Waals surface area contributed by atoms with E-state index in [-0.39, 0.29) is 6.04 Å². The first kappa shape index (κ1) is 27.2. The topological polar surface area (TPSA) is 133 Å². The molecule has 188 valence electrons. The van der Waals surface area contributed by atoms with E-state index in [2.05, 4.69) is 53.8 Å². The van der Waals surface area contributed by atoms with E-state index in [1.807, 2.05) is 0 Å². The molecule has 0 heterocycles. The summed E-state index contributed by atoms with van der Waals surface area (Å²) >= 11 is 12.3. The van der Waals surface area contributed by atoms with E-state index in [0.717, 1.165) is 12.8 Å². The van der Waals surface area contributed by atoms with Crippen LogP contribution in [0.15, 0.2) is 72.8 Å². The molecule has 0 spiro atoms. The summed E-state index contributed by atoms with van der Waals surface area (Å²) in [6.07, 6.45) is 2.39. The van der Waals surface area contributed by atoms with Crippen molar-refractivity contribution in [2.24, 2.45) is 0 Å². The zero-order valence-corrected chi connectivity index (χ0v) is 20.7. The molecule has 4 rings (SSSR count). The molecule has 6 N–H and O–H groups in total. The number of carbonyl (C=O) groups is 2. The minimum Gasteiger partial charge on any atom is -0.478 e. The third kappa shape index (κ3) is 7.08. The van der Waals surface area contributed by atoms with E-state index in [9.17, 15) is 14.7 Å². The van der Waals surface area contributed by atoms with E-state index >= 15 is 0 Å². The maximum absolute atomic E-state index is 10.7. The highest BCUT2D eigenvalue weighted by molar-refractivity contribution is 6.38. The number of halogens is 2. The first-order valence-corrected chi connectivity index (χ1v) is 11.9. The summed E-state index contributed by atoms with van der Waals surface area (Å²) in [6, 6.07) is 20.4. The minimum atomic E-state index is -1.26. The summed E-state index contributed by atoms with van der Waals surface area (Å²) in [4.78, 5) is 19.1. The number of hydrogen-bond donors (Lipinski definition) is 5. The Morgan fingerprint density at radius 3 is 1.81 bits per heavy atom. The Morgan fingerprint density at radius 1 is 0.917 bits per heavy atom. The standard InChI is InChI=1S/C23H22Cl2N2O.C4H4O4/c24-19-11-16(12-20(25)22(19)26)21(28)13-27-23-17-7-3-1-5-14(17)9-10-15-6-2-4-8-18(15)23;5-3(6)1-2-4(7)8/h1-8,11-12,21,23,27-28H,9-10,13,26H2;1-2H,(H,5,6)(H,7,8)/b;2-1-. The van der Waals surface area contributed by atoms with Crippen LogP contribution < -0.4 is 11.1 Å². The van der Waals surface area contributed by atoms with Crippen LogP contribution in [-0.4, -0.2) is 33.8 Å². The average Bonchev–Trinajstić information content (AvgIpc) is 3.01. The first-order chi connectivity index (χ1) is 17.2. The van der Waals surface area contributed by atoms with E-state index in [4.69, 9.17) is 39.1 Å². The number of nitrogens with one attached hydrogen (secondary N) is 1. The van der Waals surface area contributed by atoms with Crippen molar-refractivity contribution >= 4 is 40.8 Å². The number of aryl methyl sites for hydroxylation is 2. The summed E-state index contributed by atoms with van der Waals surface area (Å²) in [7, 11) is 0. The maximum Gasteiger partial charge on any atom is 0.328 e. The third-order valence-corrected chi connectivity index (χ3v) is 6.39. The van der Waals surface area contributed by atoms with Crippen molar-refractivity contribution in [1.29, 1.82) is 0 Å². The number of aliphatic carboxylic acids is 2. The number of benzene rings is 3. The van der Waals surface area contributed by atoms with Crippen LogP contribution in [-0.2, 0) is 22.4 Å². The van der Waals surface area contributed by atoms with Crippen LogP contribution in [0.2, 0.25) is 10.0 Å². The van der Waals surface area contributed by atoms with Crippen LogP contribution in [0.4, 0.5) is 5.69 Å². The lowest BCUT2D eigenvalue weighted by atomic mass is 9.94. The number of anilines is 1. The highest BCUT2D eigenvalue weighted by Crippen LogP contribution is 2.34. The van der Waals surface area contributed by atoms with Crippen LogP contribution >= 0.6 is 23.2 Å². The zero-order chi connectivity index (χ0) is 26.2. The highest BCUT2D eigenvalue weighted by Gasteiger charge is 2.24. The summed E-state index contributed by atoms with van der Waals surface area (Å²) in [5.74, 6) is -2.51. The molecule has 0 fully saturated rings. The molecule has 1 atom stereocenters. The van der Waals surface area contributed by atoms with Crippen LogP contribution in [0, 0.1) is 0 Å². The van der Waals surface area contributed by atoms with Crippen LogP contribution in [0.25, 0.3) is 0 Å². The van der Waals surface area contributed by atoms with Gasteiger partial charge in [0.2, 0.25) is 0 Å². The SMILES string of the molecule is Nc1c(Cl)cc(C(O)CNC2c3ccccc3CCc3ccccc32)cc1Cl.O=C(O)/C=C\C(=O)O. The molecule has 0 bridgehead atoms. The molecule has 1 aliphatic rings. The molecular formula is C27H26Cl2N2O5. The van der Waals surface area contributed by atoms with Crippen LogP contribution in [0.3, 0.4) is 0 Å². The van der Waals surface area contributed by atoms with Gasteiger partial charge in [0.25, 0.3) is 0 Å². The molecule has 1 aliphatic carbocycles. The number of carboxylic acid groups (broad SMARTS) is 2. The lowest BCUT2D eigenvalue weighted by Gasteiger charge is -2.24. The second-order valence-corrected chi connectivity index (χ2v) is 8.98. The van der Waals surface area contributed by atoms with Crippen molar-refractivity contribution in [2.45, 2.75) is 25.0 Å². The smallest absolute Gasteiger partial charge is 0.328 e. The predicted octanol–water partition coefficient (Wildman–Crippen LogP) is 4.80. The second kappa shape index (κ2) is 12.6. The summed E-state index contributed by atoms with van der Waals surface area (Å²) in [6.45, 7) is 0.365. The summed E-state index contributed by atoms with van der Waals surface area (Å²) in [5, 5.41) is 30.6. The van der Waals surface area contributed by atoms with Crippen molar-refractivity contribution in [3.05, 3.63) is 111 Å². The van der Waals surface area contributed by atoms with Gasteiger partial charge in [-0.1, -0.05) is 71.7 Å². The lowest BCUT2D eigenvalue weighted by molar-refractivity contribution is -0.134. The molecule has 9 heteroatoms. The normalized spacial score (nSPS) is 13.6. The average molecular weight is 529 g/mol. The quantitative estimate of drug-likeness (QED) is 0.229. The zero-order valence-electron chi connectivity index (χ0n) is 19.2. The molecular weight excluding hydrogens is 503 g/mol. The number of nitrogen functional groups attached to an aromatic ring is 1. The number of nitrogens with two attached hydrogens (primary N) is 1. The fraction of sp³-hybridized carbons (Fsp3) is 0.185. The Bertz CT molecular complexity index is 1190. The van der Waals surface area contributed by atoms with Gasteiger partial charge >= 0.3 is 11.9 Å². The van der Waals surface area contributed by atoms with Crippen molar-refractivity contribution in [1.82, 2.24) is 5.32 Å². The Labute approximate surface area is 218 Å². The summed E-state index contributed by atoms with van der Waals surface area (Å²) in [5.41, 5.74) is 12.0. The monoisotopic (exact) mass is 528 g/mol. The summed E-state index contributed by atoms with van der Waals surface area (Å²) < 4.78 is 0. The van der Waals surface area contributed by atoms with Gasteiger partial charge < -0.3 is 26.4 Å². The number of rotatable bonds is 6. The minimum absolute atomic E-state index is 0.0178. The van der Waals surface area contributed by atoms with Gasteiger partial charge in [-0.2, -0.15) is 0 Å². The van der Waals surface area contributed by atoms with Gasteiger partial charge in [-0.05, 0) is 52.8 Å². The van der Waals surface area contributed by atoms with Crippen molar-refractivity contribution in [2.75, 3.05) is 12.3 Å². The fourth-order valence-corrected chi connectivity index (χ4v) is 4.53. The van der Waals surface area contributed by atoms with E-state index < -0.39 is 18.0 Å². The molecule has 3 aromatic rings. The Morgan fingerprint density at radius 2 is 1.36 bits per heavy atom. The Balaban J connectivity index is 0.000000392. The van der Waals surface area contributed by atoms with Crippen molar-refractivity contribution in [3.8, 4) is 0 Å². The van der Waals surface area contributed by atoms with E-state index in [1.54, 1.807) is 12.1 Å². The van der Waals surface area contributed by atoms with Crippen molar-refractivity contribution in [3.63, 3.8) is 0 Å². The van der Waals surface area contributed by atoms with E-state index in [0.29, 0.717) is 40.0 Å². The second-order valence-electron chi connectivity index (χ2n) is 8.16. The lowest BCUT2D eigenvalue weighted by Crippen LogP contribution is -2.28. The van der Waals surface area contributed by atoms with E-state index in [1.165, 1.54) is 22.3 Å². The van der Waals surface area contributed by atoms with Gasteiger partial charge in [-0.15, -0.1) is 0 Å². The third-order valence-electron chi connectivity index (χ3n) is 5.77. The van der Waals surface area contributed by atoms with Gasteiger partial charge in [0.1, 0.15) is 0 Å². The number of aliphatic hydroxyl groups excluding tert-OH is 1. The number of hydrogen-bond acceptors (Lipinski definition) is 5. The molecule has 0 radical (unpaired) electrons. The molecule has 36 heavy (non-hydrogen) atoms. The first-order valence-electron chi connectivity index (χ1n) is 11.1. The van der Waals surface area contributed by atoms with Gasteiger partial charge in [-0.25, -0.2) is 9.59 Å². The molecule has 0 aromatic heterocycles. The maximum atomic E-state index is 10.7. The Hall–Kier alpha value is -3.36. The van der Waals surface area contributed by atoms with Crippen LogP contribution in [0.5, 0.6) is 0 Å². The molecule has 3 aromatic carbocycles. The largest absolute Gasteiger partial charge is 0.478 e. The molecule has 0 aliphatic heterocycles. The molecule has 0 saturated carbocycles. The van der Waals surface area contributed by atoms with Crippen molar-refractivity contribution < 1.29 is 24.9 Å². The number of carboxylic acids is 2. The highest BCUT2D eigenvalue weighted by atomic mass is 35.5. The number of aliphatic hydroxyl groups is 1. The van der Waals surface area contributed by atoms with Gasteiger partial charge in [0, 0.05) is 18.7 Å². The van der Waals surface area contributed by atoms with Crippen LogP contribution in [0.1, 0.15) is 40.0 Å².